The monoisotopic (exact) mass is 562 g/mol. The molecule has 3 amide bonds. The fourth-order valence-corrected chi connectivity index (χ4v) is 7.09. The molecule has 1 saturated heterocycles. The van der Waals surface area contributed by atoms with Crippen molar-refractivity contribution in [2.24, 2.45) is 0 Å². The summed E-state index contributed by atoms with van der Waals surface area (Å²) in [6, 6.07) is 17.6. The van der Waals surface area contributed by atoms with Crippen molar-refractivity contribution >= 4 is 50.6 Å². The maximum absolute atomic E-state index is 13.4. The van der Waals surface area contributed by atoms with E-state index in [2.05, 4.69) is 10.6 Å². The van der Waals surface area contributed by atoms with Crippen LogP contribution < -0.4 is 15.4 Å². The molecule has 196 valence electrons. The van der Waals surface area contributed by atoms with Crippen LogP contribution in [0.2, 0.25) is 4.34 Å². The summed E-state index contributed by atoms with van der Waals surface area (Å²) in [4.78, 5) is 27.7. The number of rotatable bonds is 8. The highest BCUT2D eigenvalue weighted by Gasteiger charge is 2.42. The molecule has 4 rings (SSSR count). The van der Waals surface area contributed by atoms with Gasteiger partial charge in [0.05, 0.1) is 10.9 Å². The quantitative estimate of drug-likeness (QED) is 0.431. The van der Waals surface area contributed by atoms with Crippen LogP contribution in [0.15, 0.2) is 70.9 Å². The van der Waals surface area contributed by atoms with E-state index in [1.165, 1.54) is 17.0 Å². The molecule has 1 aliphatic heterocycles. The van der Waals surface area contributed by atoms with Gasteiger partial charge in [-0.05, 0) is 48.9 Å². The molecule has 1 aromatic heterocycles. The number of nitrogens with zero attached hydrogens (tertiary/aromatic N) is 2. The summed E-state index contributed by atoms with van der Waals surface area (Å²) in [5, 5.41) is 5.62. The van der Waals surface area contributed by atoms with Crippen LogP contribution in [-0.2, 0) is 21.4 Å². The van der Waals surface area contributed by atoms with E-state index in [1.54, 1.807) is 24.3 Å². The van der Waals surface area contributed by atoms with Gasteiger partial charge in [-0.2, -0.15) is 4.31 Å². The van der Waals surface area contributed by atoms with E-state index in [-0.39, 0.29) is 30.4 Å². The Labute approximate surface area is 225 Å². The van der Waals surface area contributed by atoms with E-state index >= 15 is 0 Å². The maximum Gasteiger partial charge on any atom is 0.321 e. The largest absolute Gasteiger partial charge is 0.494 e. The van der Waals surface area contributed by atoms with Gasteiger partial charge in [0, 0.05) is 31.9 Å². The first-order chi connectivity index (χ1) is 17.8. The van der Waals surface area contributed by atoms with Gasteiger partial charge in [-0.3, -0.25) is 4.79 Å². The topological polar surface area (TPSA) is 108 Å². The Balaban J connectivity index is 1.51. The lowest BCUT2D eigenvalue weighted by Gasteiger charge is -2.39. The normalized spacial score (nSPS) is 16.3. The smallest absolute Gasteiger partial charge is 0.321 e. The lowest BCUT2D eigenvalue weighted by atomic mass is 10.2. The molecule has 9 nitrogen and oxygen atoms in total. The zero-order valence-corrected chi connectivity index (χ0v) is 22.5. The molecule has 0 aliphatic carbocycles. The van der Waals surface area contributed by atoms with Gasteiger partial charge in [0.1, 0.15) is 16.0 Å². The average molecular weight is 563 g/mol. The fraction of sp³-hybridized carbons (Fsp3) is 0.280. The number of ether oxygens (including phenoxy) is 1. The number of anilines is 1. The van der Waals surface area contributed by atoms with Gasteiger partial charge in [0.2, 0.25) is 5.91 Å². The Hall–Kier alpha value is -3.12. The summed E-state index contributed by atoms with van der Waals surface area (Å²) >= 11 is 6.90. The van der Waals surface area contributed by atoms with Crippen LogP contribution in [0.5, 0.6) is 5.75 Å². The number of piperazine rings is 1. The van der Waals surface area contributed by atoms with Crippen LogP contribution in [0.25, 0.3) is 0 Å². The summed E-state index contributed by atoms with van der Waals surface area (Å²) in [5.74, 6) is 0.191. The van der Waals surface area contributed by atoms with Crippen LogP contribution in [0.3, 0.4) is 0 Å². The highest BCUT2D eigenvalue weighted by atomic mass is 35.5. The second kappa shape index (κ2) is 12.0. The SMILES string of the molecule is CCOc1ccc(NC(=O)N2CCN(S(=O)(=O)c3ccc(Cl)s3)C(C(=O)NCc3ccccc3)C2)cc1. The predicted molar refractivity (Wildman–Crippen MR) is 144 cm³/mol. The van der Waals surface area contributed by atoms with Crippen LogP contribution >= 0.6 is 22.9 Å². The standard InChI is InChI=1S/C25H27ClN4O5S2/c1-2-35-20-10-8-19(9-11-20)28-25(32)29-14-15-30(37(33,34)23-13-12-22(26)36-23)21(17-29)24(31)27-16-18-6-4-3-5-7-18/h3-13,21H,2,14-17H2,1H3,(H,27,31)(H,28,32). The number of carbonyl (C=O) groups excluding carboxylic acids is 2. The lowest BCUT2D eigenvalue weighted by Crippen LogP contribution is -2.61. The van der Waals surface area contributed by atoms with Crippen molar-refractivity contribution in [1.29, 1.82) is 0 Å². The number of carbonyl (C=O) groups is 2. The number of urea groups is 1. The first kappa shape index (κ1) is 26.9. The Morgan fingerprint density at radius 3 is 2.43 bits per heavy atom. The minimum atomic E-state index is -4.00. The summed E-state index contributed by atoms with van der Waals surface area (Å²) in [7, 11) is -4.00. The second-order valence-electron chi connectivity index (χ2n) is 8.23. The predicted octanol–water partition coefficient (Wildman–Crippen LogP) is 4.02. The number of nitrogens with one attached hydrogen (secondary N) is 2. The number of sulfonamides is 1. The number of thiophene rings is 1. The fourth-order valence-electron chi connectivity index (χ4n) is 3.91. The van der Waals surface area contributed by atoms with Gasteiger partial charge in [-0.1, -0.05) is 41.9 Å². The first-order valence-corrected chi connectivity index (χ1v) is 14.3. The molecule has 0 saturated carbocycles. The molecule has 1 atom stereocenters. The summed E-state index contributed by atoms with van der Waals surface area (Å²) in [6.45, 7) is 2.61. The Morgan fingerprint density at radius 1 is 1.05 bits per heavy atom. The average Bonchev–Trinajstić information content (AvgIpc) is 3.36. The van der Waals surface area contributed by atoms with E-state index in [4.69, 9.17) is 16.3 Å². The minimum absolute atomic E-state index is 0.0437. The number of hydrogen-bond acceptors (Lipinski definition) is 6. The van der Waals surface area contributed by atoms with E-state index < -0.39 is 28.0 Å². The van der Waals surface area contributed by atoms with Crippen LogP contribution in [0.1, 0.15) is 12.5 Å². The van der Waals surface area contributed by atoms with Crippen molar-refractivity contribution in [3.8, 4) is 5.75 Å². The molecule has 12 heteroatoms. The van der Waals surface area contributed by atoms with Crippen molar-refractivity contribution in [2.45, 2.75) is 23.7 Å². The third kappa shape index (κ3) is 6.61. The zero-order chi connectivity index (χ0) is 26.4. The van der Waals surface area contributed by atoms with Gasteiger partial charge >= 0.3 is 6.03 Å². The van der Waals surface area contributed by atoms with E-state index in [9.17, 15) is 18.0 Å². The highest BCUT2D eigenvalue weighted by Crippen LogP contribution is 2.30. The molecule has 37 heavy (non-hydrogen) atoms. The van der Waals surface area contributed by atoms with Gasteiger partial charge in [0.25, 0.3) is 10.0 Å². The summed E-state index contributed by atoms with van der Waals surface area (Å²) in [6.07, 6.45) is 0. The molecule has 0 radical (unpaired) electrons. The third-order valence-corrected chi connectivity index (χ3v) is 9.37. The summed E-state index contributed by atoms with van der Waals surface area (Å²) in [5.41, 5.74) is 1.43. The zero-order valence-electron chi connectivity index (χ0n) is 20.1. The number of halogens is 1. The lowest BCUT2D eigenvalue weighted by molar-refractivity contribution is -0.126. The second-order valence-corrected chi connectivity index (χ2v) is 12.1. The molecular weight excluding hydrogens is 536 g/mol. The van der Waals surface area contributed by atoms with Crippen molar-refractivity contribution in [2.75, 3.05) is 31.6 Å². The van der Waals surface area contributed by atoms with Crippen molar-refractivity contribution in [3.05, 3.63) is 76.6 Å². The molecule has 2 heterocycles. The number of hydrogen-bond donors (Lipinski definition) is 2. The molecule has 3 aromatic rings. The van der Waals surface area contributed by atoms with E-state index in [0.29, 0.717) is 22.4 Å². The Kier molecular flexibility index (Phi) is 8.70. The molecule has 0 spiro atoms. The molecule has 1 aliphatic rings. The van der Waals surface area contributed by atoms with Gasteiger partial charge in [-0.15, -0.1) is 11.3 Å². The molecule has 1 unspecified atom stereocenters. The molecule has 2 aromatic carbocycles. The minimum Gasteiger partial charge on any atom is -0.494 e. The molecule has 1 fully saturated rings. The number of amides is 3. The molecule has 0 bridgehead atoms. The molecular formula is C25H27ClN4O5S2. The first-order valence-electron chi connectivity index (χ1n) is 11.7. The number of benzene rings is 2. The maximum atomic E-state index is 13.4. The Morgan fingerprint density at radius 2 is 1.78 bits per heavy atom. The Bertz CT molecular complexity index is 1330. The molecule has 2 N–H and O–H groups in total. The van der Waals surface area contributed by atoms with Gasteiger partial charge in [-0.25, -0.2) is 13.2 Å². The third-order valence-electron chi connectivity index (χ3n) is 5.76. The van der Waals surface area contributed by atoms with Crippen LogP contribution in [0, 0.1) is 0 Å². The van der Waals surface area contributed by atoms with E-state index in [1.807, 2.05) is 37.3 Å². The van der Waals surface area contributed by atoms with Crippen molar-refractivity contribution in [1.82, 2.24) is 14.5 Å². The van der Waals surface area contributed by atoms with Gasteiger partial charge < -0.3 is 20.3 Å². The van der Waals surface area contributed by atoms with Crippen molar-refractivity contribution < 1.29 is 22.7 Å². The highest BCUT2D eigenvalue weighted by molar-refractivity contribution is 7.91. The van der Waals surface area contributed by atoms with Gasteiger partial charge in [0.15, 0.2) is 0 Å². The van der Waals surface area contributed by atoms with E-state index in [0.717, 1.165) is 21.2 Å². The summed E-state index contributed by atoms with van der Waals surface area (Å²) < 4.78 is 33.8. The van der Waals surface area contributed by atoms with Crippen molar-refractivity contribution in [3.63, 3.8) is 0 Å². The van der Waals surface area contributed by atoms with Crippen LogP contribution in [0.4, 0.5) is 10.5 Å². The van der Waals surface area contributed by atoms with Crippen LogP contribution in [-0.4, -0.2) is 61.8 Å².